The van der Waals surface area contributed by atoms with Crippen LogP contribution in [-0.4, -0.2) is 14.9 Å². The summed E-state index contributed by atoms with van der Waals surface area (Å²) in [5.74, 6) is 2.15. The van der Waals surface area contributed by atoms with E-state index in [-0.39, 0.29) is 16.1 Å². The fraction of sp³-hybridized carbons (Fsp3) is 0.548. The van der Waals surface area contributed by atoms with E-state index in [0.29, 0.717) is 17.4 Å². The van der Waals surface area contributed by atoms with Crippen molar-refractivity contribution in [1.29, 1.82) is 0 Å². The van der Waals surface area contributed by atoms with Crippen molar-refractivity contribution in [3.8, 4) is 0 Å². The Morgan fingerprint density at radius 3 is 1.94 bits per heavy atom. The minimum atomic E-state index is -2.25. The summed E-state index contributed by atoms with van der Waals surface area (Å²) in [6.07, 6.45) is 0. The Bertz CT molecular complexity index is 1030. The molecule has 0 N–H and O–H groups in total. The lowest BCUT2D eigenvalue weighted by molar-refractivity contribution is 0.311. The topological polar surface area (TPSA) is 12.5 Å². The average Bonchev–Trinajstić information content (AvgIpc) is 3.08. The smallest absolute Gasteiger partial charge is 0.264 e. The van der Waals surface area contributed by atoms with E-state index in [9.17, 15) is 0 Å². The van der Waals surface area contributed by atoms with Gasteiger partial charge in [-0.05, 0) is 51.7 Å². The highest BCUT2D eigenvalue weighted by atomic mass is 28.4. The predicted molar refractivity (Wildman–Crippen MR) is 149 cm³/mol. The van der Waals surface area contributed by atoms with Gasteiger partial charge in [-0.1, -0.05) is 110 Å². The molecule has 1 fully saturated rings. The van der Waals surface area contributed by atoms with Gasteiger partial charge < -0.3 is 9.33 Å². The summed E-state index contributed by atoms with van der Waals surface area (Å²) < 4.78 is 7.51. The number of anilines is 1. The summed E-state index contributed by atoms with van der Waals surface area (Å²) in [5, 5.41) is 0.264. The van der Waals surface area contributed by atoms with Crippen LogP contribution in [0.4, 0.5) is 5.69 Å². The third kappa shape index (κ3) is 3.84. The second-order valence-corrected chi connectivity index (χ2v) is 18.6. The highest BCUT2D eigenvalue weighted by molar-refractivity contribution is 6.81. The lowest BCUT2D eigenvalue weighted by Crippen LogP contribution is -2.55. The molecule has 2 aliphatic heterocycles. The van der Waals surface area contributed by atoms with Gasteiger partial charge in [0.15, 0.2) is 0 Å². The van der Waals surface area contributed by atoms with Gasteiger partial charge in [-0.3, -0.25) is 0 Å². The molecule has 0 radical (unpaired) electrons. The predicted octanol–water partition coefficient (Wildman–Crippen LogP) is 9.05. The Hall–Kier alpha value is -2.00. The fourth-order valence-electron chi connectivity index (χ4n) is 7.35. The second kappa shape index (κ2) is 8.59. The molecular weight excluding hydrogens is 430 g/mol. The zero-order valence-corrected chi connectivity index (χ0v) is 24.1. The van der Waals surface area contributed by atoms with Gasteiger partial charge >= 0.3 is 0 Å². The molecule has 3 heteroatoms. The van der Waals surface area contributed by atoms with Gasteiger partial charge in [-0.25, -0.2) is 0 Å². The monoisotopic (exact) mass is 475 g/mol. The molecule has 1 saturated heterocycles. The lowest BCUT2D eigenvalue weighted by Gasteiger charge is -2.50. The van der Waals surface area contributed by atoms with Crippen molar-refractivity contribution >= 4 is 14.0 Å². The van der Waals surface area contributed by atoms with E-state index in [1.54, 1.807) is 0 Å². The molecule has 2 nitrogen and oxygen atoms in total. The lowest BCUT2D eigenvalue weighted by atomic mass is 9.80. The number of nitrogens with zero attached hydrogens (tertiary/aromatic N) is 1. The summed E-state index contributed by atoms with van der Waals surface area (Å²) >= 11 is 0. The van der Waals surface area contributed by atoms with Gasteiger partial charge in [0.25, 0.3) is 8.32 Å². The number of aryl methyl sites for hydroxylation is 1. The van der Waals surface area contributed by atoms with Crippen molar-refractivity contribution in [2.75, 3.05) is 11.4 Å². The van der Waals surface area contributed by atoms with Gasteiger partial charge in [-0.2, -0.15) is 0 Å². The first-order chi connectivity index (χ1) is 15.8. The van der Waals surface area contributed by atoms with Crippen LogP contribution in [0, 0.1) is 18.8 Å². The number of fused-ring (bicyclic) bond motifs is 1. The maximum absolute atomic E-state index is 7.51. The zero-order chi connectivity index (χ0) is 25.1. The zero-order valence-electron chi connectivity index (χ0n) is 23.1. The minimum absolute atomic E-state index is 0.132. The Morgan fingerprint density at radius 2 is 1.44 bits per heavy atom. The van der Waals surface area contributed by atoms with Crippen molar-refractivity contribution in [3.63, 3.8) is 0 Å². The molecule has 3 atom stereocenters. The van der Waals surface area contributed by atoms with Crippen molar-refractivity contribution in [2.45, 2.75) is 90.9 Å². The van der Waals surface area contributed by atoms with Gasteiger partial charge in [0.1, 0.15) is 0 Å². The maximum Gasteiger partial charge on any atom is 0.264 e. The second-order valence-electron chi connectivity index (χ2n) is 13.0. The molecule has 0 spiro atoms. The van der Waals surface area contributed by atoms with Crippen LogP contribution in [0.25, 0.3) is 0 Å². The van der Waals surface area contributed by atoms with E-state index in [1.165, 1.54) is 28.1 Å². The Balaban J connectivity index is 1.98. The number of rotatable bonds is 3. The van der Waals surface area contributed by atoms with Crippen LogP contribution in [0.5, 0.6) is 0 Å². The first-order valence-corrected chi connectivity index (χ1v) is 15.1. The molecule has 0 unspecified atom stereocenters. The standard InChI is InChI=1S/C31H45NOSi/c1-21(2)26-20-32(25-18-16-22(3)17-19-25)28(24-14-12-11-13-15-24)27-23(4)34(30(5,6)7,31(8,9)10)33-29(26)27/h11-19,21,23,27-28H,20H2,1-10H3/t23-,27+,28+/m0/s1. The molecular formula is C31H45NOSi. The van der Waals surface area contributed by atoms with E-state index in [0.717, 1.165) is 6.54 Å². The molecule has 2 aliphatic rings. The van der Waals surface area contributed by atoms with Gasteiger partial charge in [0.05, 0.1) is 11.8 Å². The van der Waals surface area contributed by atoms with Gasteiger partial charge in [0, 0.05) is 18.2 Å². The maximum atomic E-state index is 7.51. The molecule has 2 heterocycles. The summed E-state index contributed by atoms with van der Waals surface area (Å²) in [4.78, 5) is 2.67. The van der Waals surface area contributed by atoms with Gasteiger partial charge in [0.2, 0.25) is 0 Å². The molecule has 0 saturated carbocycles. The Kier molecular flexibility index (Phi) is 6.34. The van der Waals surface area contributed by atoms with Crippen LogP contribution in [0.15, 0.2) is 65.9 Å². The van der Waals surface area contributed by atoms with E-state index in [2.05, 4.69) is 129 Å². The highest BCUT2D eigenvalue weighted by Crippen LogP contribution is 2.68. The summed E-state index contributed by atoms with van der Waals surface area (Å²) in [5.41, 5.74) is 6.01. The normalized spacial score (nSPS) is 24.9. The summed E-state index contributed by atoms with van der Waals surface area (Å²) in [6.45, 7) is 24.9. The van der Waals surface area contributed by atoms with E-state index < -0.39 is 8.32 Å². The third-order valence-electron chi connectivity index (χ3n) is 8.52. The first-order valence-electron chi connectivity index (χ1n) is 13.1. The van der Waals surface area contributed by atoms with Crippen molar-refractivity contribution in [3.05, 3.63) is 77.1 Å². The summed E-state index contributed by atoms with van der Waals surface area (Å²) in [7, 11) is -2.25. The van der Waals surface area contributed by atoms with Crippen LogP contribution in [0.3, 0.4) is 0 Å². The Labute approximate surface area is 209 Å². The Morgan fingerprint density at radius 1 is 0.882 bits per heavy atom. The van der Waals surface area contributed by atoms with Crippen LogP contribution in [-0.2, 0) is 4.43 Å². The molecule has 184 valence electrons. The van der Waals surface area contributed by atoms with Crippen molar-refractivity contribution < 1.29 is 4.43 Å². The van der Waals surface area contributed by atoms with Crippen LogP contribution in [0.2, 0.25) is 15.6 Å². The first kappa shape index (κ1) is 25.1. The number of benzene rings is 2. The molecule has 34 heavy (non-hydrogen) atoms. The van der Waals surface area contributed by atoms with Crippen LogP contribution >= 0.6 is 0 Å². The molecule has 0 bridgehead atoms. The minimum Gasteiger partial charge on any atom is -0.545 e. The quantitative estimate of drug-likeness (QED) is 0.410. The number of hydrogen-bond donors (Lipinski definition) is 0. The molecule has 0 amide bonds. The largest absolute Gasteiger partial charge is 0.545 e. The SMILES string of the molecule is Cc1ccc(N2CC(C(C)C)=C3O[Si](C(C)(C)C)(C(C)(C)C)[C@@H](C)[C@@H]3[C@H]2c2ccccc2)cc1. The van der Waals surface area contributed by atoms with Crippen molar-refractivity contribution in [1.82, 2.24) is 0 Å². The molecule has 0 aromatic heterocycles. The fourth-order valence-corrected chi connectivity index (χ4v) is 14.6. The van der Waals surface area contributed by atoms with Crippen LogP contribution < -0.4 is 4.90 Å². The molecule has 0 aliphatic carbocycles. The highest BCUT2D eigenvalue weighted by Gasteiger charge is 2.68. The molecule has 2 aromatic rings. The summed E-state index contributed by atoms with van der Waals surface area (Å²) in [6, 6.07) is 20.6. The van der Waals surface area contributed by atoms with E-state index in [4.69, 9.17) is 4.43 Å². The van der Waals surface area contributed by atoms with Gasteiger partial charge in [-0.15, -0.1) is 0 Å². The third-order valence-corrected chi connectivity index (χ3v) is 15.2. The molecule has 4 rings (SSSR count). The average molecular weight is 476 g/mol. The van der Waals surface area contributed by atoms with E-state index >= 15 is 0 Å². The molecule has 2 aromatic carbocycles. The van der Waals surface area contributed by atoms with Crippen LogP contribution in [0.1, 0.15) is 79.5 Å². The van der Waals surface area contributed by atoms with E-state index in [1.807, 2.05) is 0 Å². The van der Waals surface area contributed by atoms with Crippen molar-refractivity contribution in [2.24, 2.45) is 11.8 Å². The number of hydrogen-bond acceptors (Lipinski definition) is 2.